The molecule has 0 radical (unpaired) electrons. The van der Waals surface area contributed by atoms with Crippen molar-refractivity contribution in [3.05, 3.63) is 71.7 Å². The van der Waals surface area contributed by atoms with Crippen molar-refractivity contribution in [2.24, 2.45) is 17.3 Å². The first kappa shape index (κ1) is 21.0. The molecule has 6 nitrogen and oxygen atoms in total. The molecule has 0 amide bonds. The second-order valence-electron chi connectivity index (χ2n) is 10.5. The van der Waals surface area contributed by atoms with Crippen LogP contribution >= 0.6 is 0 Å². The zero-order chi connectivity index (χ0) is 23.3. The number of hydrogen-bond acceptors (Lipinski definition) is 5. The zero-order valence-electron chi connectivity index (χ0n) is 19.0. The summed E-state index contributed by atoms with van der Waals surface area (Å²) < 4.78 is 5.71. The molecule has 0 saturated heterocycles. The van der Waals surface area contributed by atoms with E-state index in [0.717, 1.165) is 37.6 Å². The van der Waals surface area contributed by atoms with Crippen LogP contribution in [0.25, 0.3) is 16.6 Å². The van der Waals surface area contributed by atoms with E-state index >= 15 is 0 Å². The first-order valence-corrected chi connectivity index (χ1v) is 12.0. The van der Waals surface area contributed by atoms with Crippen molar-refractivity contribution < 1.29 is 14.6 Å². The van der Waals surface area contributed by atoms with Crippen molar-refractivity contribution >= 4 is 22.6 Å². The van der Waals surface area contributed by atoms with Crippen LogP contribution in [0.3, 0.4) is 0 Å². The SMILES string of the molecule is N#CC(=C(O)COC(=O)C12C[C@H]3C[C@@H](C1)CC(c1ccccc1)(C3)C2)c1nc2ccccc2[nH]1. The summed E-state index contributed by atoms with van der Waals surface area (Å²) in [5.41, 5.74) is 2.33. The monoisotopic (exact) mass is 453 g/mol. The molecule has 1 aromatic heterocycles. The van der Waals surface area contributed by atoms with Gasteiger partial charge in [-0.2, -0.15) is 5.26 Å². The number of benzene rings is 2. The number of carbonyl (C=O) groups is 1. The van der Waals surface area contributed by atoms with Crippen LogP contribution < -0.4 is 0 Å². The standard InChI is InChI=1S/C28H27N3O3/c29-15-21(25-30-22-8-4-5-9-23(22)31-25)24(32)16-34-26(33)28-13-18-10-19(14-28)12-27(11-18,17-28)20-6-2-1-3-7-20/h1-9,18-19,32H,10-14,16-17H2,(H,30,31)/t18-,19+,27?,28?. The van der Waals surface area contributed by atoms with E-state index in [2.05, 4.69) is 34.2 Å². The summed E-state index contributed by atoms with van der Waals surface area (Å²) in [6.07, 6.45) is 5.98. The second-order valence-corrected chi connectivity index (χ2v) is 10.5. The minimum atomic E-state index is -0.508. The largest absolute Gasteiger partial charge is 0.507 e. The predicted molar refractivity (Wildman–Crippen MR) is 127 cm³/mol. The molecule has 2 N–H and O–H groups in total. The quantitative estimate of drug-likeness (QED) is 0.305. The van der Waals surface area contributed by atoms with E-state index in [1.54, 1.807) is 0 Å². The Kier molecular flexibility index (Phi) is 4.77. The Morgan fingerprint density at radius 2 is 1.79 bits per heavy atom. The van der Waals surface area contributed by atoms with Gasteiger partial charge < -0.3 is 14.8 Å². The van der Waals surface area contributed by atoms with E-state index in [0.29, 0.717) is 17.4 Å². The van der Waals surface area contributed by atoms with Gasteiger partial charge in [-0.15, -0.1) is 0 Å². The summed E-state index contributed by atoms with van der Waals surface area (Å²) >= 11 is 0. The summed E-state index contributed by atoms with van der Waals surface area (Å²) in [5, 5.41) is 20.3. The molecule has 4 saturated carbocycles. The summed E-state index contributed by atoms with van der Waals surface area (Å²) in [4.78, 5) is 20.9. The molecule has 2 aromatic carbocycles. The first-order valence-electron chi connectivity index (χ1n) is 12.0. The fourth-order valence-corrected chi connectivity index (χ4v) is 7.32. The van der Waals surface area contributed by atoms with Gasteiger partial charge in [0.25, 0.3) is 0 Å². The summed E-state index contributed by atoms with van der Waals surface area (Å²) in [7, 11) is 0. The number of rotatable bonds is 5. The van der Waals surface area contributed by atoms with Crippen LogP contribution in [0, 0.1) is 28.6 Å². The summed E-state index contributed by atoms with van der Waals surface area (Å²) in [6, 6.07) is 20.0. The van der Waals surface area contributed by atoms with Crippen molar-refractivity contribution in [3.63, 3.8) is 0 Å². The van der Waals surface area contributed by atoms with E-state index in [9.17, 15) is 15.2 Å². The zero-order valence-corrected chi connectivity index (χ0v) is 19.0. The highest BCUT2D eigenvalue weighted by Gasteiger charge is 2.61. The van der Waals surface area contributed by atoms with Gasteiger partial charge in [0.05, 0.1) is 16.4 Å². The van der Waals surface area contributed by atoms with Crippen molar-refractivity contribution in [1.82, 2.24) is 9.97 Å². The molecule has 0 aliphatic heterocycles. The topological polar surface area (TPSA) is 99.0 Å². The molecule has 4 aliphatic carbocycles. The lowest BCUT2D eigenvalue weighted by molar-refractivity contribution is -0.173. The highest BCUT2D eigenvalue weighted by Crippen LogP contribution is 2.66. The second kappa shape index (κ2) is 7.73. The molecule has 1 heterocycles. The number of ether oxygens (including phenoxy) is 1. The molecule has 4 fully saturated rings. The third-order valence-electron chi connectivity index (χ3n) is 8.25. The van der Waals surface area contributed by atoms with Crippen LogP contribution in [0.5, 0.6) is 0 Å². The maximum absolute atomic E-state index is 13.5. The number of nitrogens with one attached hydrogen (secondary N) is 1. The van der Waals surface area contributed by atoms with Crippen LogP contribution in [0.2, 0.25) is 0 Å². The number of hydrogen-bond donors (Lipinski definition) is 2. The van der Waals surface area contributed by atoms with Gasteiger partial charge in [0.2, 0.25) is 0 Å². The first-order chi connectivity index (χ1) is 16.5. The number of fused-ring (bicyclic) bond motifs is 1. The predicted octanol–water partition coefficient (Wildman–Crippen LogP) is 5.44. The number of aliphatic hydroxyl groups is 1. The Bertz CT molecular complexity index is 1290. The van der Waals surface area contributed by atoms with Crippen LogP contribution in [0.1, 0.15) is 49.9 Å². The van der Waals surface area contributed by atoms with E-state index < -0.39 is 5.41 Å². The normalized spacial score (nSPS) is 30.1. The average molecular weight is 454 g/mol. The number of aromatic amines is 1. The lowest BCUT2D eigenvalue weighted by atomic mass is 9.43. The molecule has 4 bridgehead atoms. The molecule has 34 heavy (non-hydrogen) atoms. The smallest absolute Gasteiger partial charge is 0.312 e. The number of imidazole rings is 1. The Morgan fingerprint density at radius 1 is 1.09 bits per heavy atom. The number of aromatic nitrogens is 2. The van der Waals surface area contributed by atoms with Gasteiger partial charge in [0.15, 0.2) is 11.6 Å². The maximum atomic E-state index is 13.5. The Morgan fingerprint density at radius 3 is 2.50 bits per heavy atom. The molecule has 4 atom stereocenters. The Labute approximate surface area is 198 Å². The van der Waals surface area contributed by atoms with E-state index in [-0.39, 0.29) is 35.1 Å². The lowest BCUT2D eigenvalue weighted by Crippen LogP contribution is -2.57. The number of nitrogens with zero attached hydrogens (tertiary/aromatic N) is 2. The van der Waals surface area contributed by atoms with Gasteiger partial charge >= 0.3 is 5.97 Å². The van der Waals surface area contributed by atoms with Gasteiger partial charge in [-0.1, -0.05) is 42.5 Å². The van der Waals surface area contributed by atoms with Gasteiger partial charge in [-0.25, -0.2) is 4.98 Å². The van der Waals surface area contributed by atoms with Gasteiger partial charge in [-0.05, 0) is 73.5 Å². The minimum Gasteiger partial charge on any atom is -0.507 e. The van der Waals surface area contributed by atoms with Crippen molar-refractivity contribution in [1.29, 1.82) is 5.26 Å². The van der Waals surface area contributed by atoms with Crippen LogP contribution in [-0.2, 0) is 14.9 Å². The number of para-hydroxylation sites is 2. The molecule has 0 spiro atoms. The summed E-state index contributed by atoms with van der Waals surface area (Å²) in [5.74, 6) is 0.814. The molecule has 7 rings (SSSR count). The average Bonchev–Trinajstić information content (AvgIpc) is 3.26. The number of esters is 1. The van der Waals surface area contributed by atoms with Crippen molar-refractivity contribution in [3.8, 4) is 6.07 Å². The third-order valence-corrected chi connectivity index (χ3v) is 8.25. The lowest BCUT2D eigenvalue weighted by Gasteiger charge is -2.61. The Balaban J connectivity index is 1.24. The van der Waals surface area contributed by atoms with Crippen LogP contribution in [0.4, 0.5) is 0 Å². The third kappa shape index (κ3) is 3.30. The highest BCUT2D eigenvalue weighted by atomic mass is 16.5. The maximum Gasteiger partial charge on any atom is 0.312 e. The Hall–Kier alpha value is -3.59. The molecule has 3 aromatic rings. The number of H-pyrrole nitrogens is 1. The van der Waals surface area contributed by atoms with Crippen LogP contribution in [0.15, 0.2) is 60.4 Å². The van der Waals surface area contributed by atoms with Gasteiger partial charge in [0, 0.05) is 0 Å². The molecule has 6 heteroatoms. The number of allylic oxidation sites excluding steroid dienone is 1. The molecule has 172 valence electrons. The molecular weight excluding hydrogens is 426 g/mol. The minimum absolute atomic E-state index is 0.00438. The summed E-state index contributed by atoms with van der Waals surface area (Å²) in [6.45, 7) is -0.325. The van der Waals surface area contributed by atoms with E-state index in [4.69, 9.17) is 4.74 Å². The fourth-order valence-electron chi connectivity index (χ4n) is 7.32. The van der Waals surface area contributed by atoms with Crippen molar-refractivity contribution in [2.75, 3.05) is 6.61 Å². The number of nitriles is 1. The number of aliphatic hydroxyl groups excluding tert-OH is 1. The van der Waals surface area contributed by atoms with Crippen LogP contribution in [-0.4, -0.2) is 27.7 Å². The van der Waals surface area contributed by atoms with Crippen molar-refractivity contribution in [2.45, 2.75) is 43.9 Å². The van der Waals surface area contributed by atoms with E-state index in [1.165, 1.54) is 12.0 Å². The fraction of sp³-hybridized carbons (Fsp3) is 0.393. The highest BCUT2D eigenvalue weighted by molar-refractivity contribution is 5.83. The molecular formula is C28H27N3O3. The van der Waals surface area contributed by atoms with Gasteiger partial charge in [-0.3, -0.25) is 4.79 Å². The number of carbonyl (C=O) groups excluding carboxylic acids is 1. The molecule has 4 aliphatic rings. The molecule has 2 unspecified atom stereocenters. The van der Waals surface area contributed by atoms with E-state index in [1.807, 2.05) is 36.4 Å². The van der Waals surface area contributed by atoms with Gasteiger partial charge in [0.1, 0.15) is 18.2 Å².